The second-order valence-corrected chi connectivity index (χ2v) is 13.5. The van der Waals surface area contributed by atoms with E-state index < -0.39 is 0 Å². The van der Waals surface area contributed by atoms with Gasteiger partial charge in [-0.1, -0.05) is 127 Å². The molecule has 0 radical (unpaired) electrons. The third-order valence-corrected chi connectivity index (χ3v) is 10.3. The maximum absolute atomic E-state index is 2.39. The van der Waals surface area contributed by atoms with Crippen molar-refractivity contribution in [1.82, 2.24) is 0 Å². The van der Waals surface area contributed by atoms with Gasteiger partial charge in [0.2, 0.25) is 0 Å². The van der Waals surface area contributed by atoms with Crippen LogP contribution in [0.1, 0.15) is 0 Å². The number of para-hydroxylation sites is 5. The number of hydrogen-bond donors (Lipinski definition) is 0. The van der Waals surface area contributed by atoms with E-state index in [1.165, 1.54) is 21.5 Å². The van der Waals surface area contributed by atoms with E-state index in [0.717, 1.165) is 62.3 Å². The van der Waals surface area contributed by atoms with Gasteiger partial charge in [0.05, 0.1) is 22.7 Å². The van der Waals surface area contributed by atoms with E-state index >= 15 is 0 Å². The van der Waals surface area contributed by atoms with Crippen LogP contribution in [0.5, 0.6) is 0 Å². The molecule has 0 saturated carbocycles. The van der Waals surface area contributed by atoms with E-state index in [0.29, 0.717) is 0 Å². The van der Waals surface area contributed by atoms with E-state index in [2.05, 4.69) is 227 Å². The van der Waals surface area contributed by atoms with Crippen LogP contribution >= 0.6 is 0 Å². The number of anilines is 9. The predicted octanol–water partition coefficient (Wildman–Crippen LogP) is 14.4. The molecular weight excluding hydrogens is 643 g/mol. The summed E-state index contributed by atoms with van der Waals surface area (Å²) in [7, 11) is 0. The van der Waals surface area contributed by atoms with E-state index in [-0.39, 0.29) is 0 Å². The Morgan fingerprint density at radius 2 is 0.698 bits per heavy atom. The van der Waals surface area contributed by atoms with Gasteiger partial charge in [-0.05, 0) is 118 Å². The Morgan fingerprint density at radius 3 is 1.25 bits per heavy atom. The van der Waals surface area contributed by atoms with E-state index in [1.54, 1.807) is 0 Å². The molecule has 0 N–H and O–H groups in total. The highest BCUT2D eigenvalue weighted by atomic mass is 15.3. The van der Waals surface area contributed by atoms with Crippen LogP contribution in [0.4, 0.5) is 51.2 Å². The fourth-order valence-electron chi connectivity index (χ4n) is 7.78. The molecule has 53 heavy (non-hydrogen) atoms. The van der Waals surface area contributed by atoms with Crippen molar-refractivity contribution in [2.75, 3.05) is 14.7 Å². The largest absolute Gasteiger partial charge is 0.310 e. The highest BCUT2D eigenvalue weighted by Gasteiger charge is 2.30. The molecule has 1 aliphatic rings. The summed E-state index contributed by atoms with van der Waals surface area (Å²) in [6.45, 7) is 0. The molecule has 9 aromatic rings. The number of rotatable bonds is 6. The molecule has 1 aliphatic heterocycles. The van der Waals surface area contributed by atoms with Crippen molar-refractivity contribution in [2.24, 2.45) is 0 Å². The summed E-state index contributed by atoms with van der Waals surface area (Å²) in [5, 5.41) is 4.90. The Bertz CT molecular complexity index is 2630. The molecule has 3 heteroatoms. The number of nitrogens with zero attached hydrogens (tertiary/aromatic N) is 3. The smallest absolute Gasteiger partial charge is 0.0703 e. The summed E-state index contributed by atoms with van der Waals surface area (Å²) in [6.07, 6.45) is 0. The van der Waals surface area contributed by atoms with Gasteiger partial charge in [-0.25, -0.2) is 0 Å². The van der Waals surface area contributed by atoms with Gasteiger partial charge in [0.1, 0.15) is 0 Å². The lowest BCUT2D eigenvalue weighted by molar-refractivity contribution is 1.17. The normalized spacial score (nSPS) is 12.1. The maximum atomic E-state index is 2.39. The zero-order valence-corrected chi connectivity index (χ0v) is 29.0. The molecule has 0 spiro atoms. The van der Waals surface area contributed by atoms with Gasteiger partial charge >= 0.3 is 0 Å². The third-order valence-electron chi connectivity index (χ3n) is 10.3. The molecule has 9 aromatic carbocycles. The Kier molecular flexibility index (Phi) is 7.47. The SMILES string of the molecule is c1ccc(N2c3ccccc3N(c3cccc(-c4ccc(N(c5ccc6ccccc6c5)c5ccc6ccccc6c5)cc4)c3)c3ccccc32)cc1. The zero-order chi connectivity index (χ0) is 35.1. The molecule has 0 saturated heterocycles. The summed E-state index contributed by atoms with van der Waals surface area (Å²) in [5.41, 5.74) is 12.5. The standard InChI is InChI=1S/C50H35N3/c1-2-18-42(19-3-1)52-47-21-8-10-23-49(47)53(50-24-11-9-22-48(50)52)44-20-12-17-41(33-44)38-25-29-43(30-26-38)51(45-31-27-36-13-4-6-15-39(36)34-45)46-32-28-37-14-5-7-16-40(37)35-46/h1-35H. The minimum Gasteiger partial charge on any atom is -0.310 e. The monoisotopic (exact) mass is 677 g/mol. The van der Waals surface area contributed by atoms with Crippen LogP contribution < -0.4 is 14.7 Å². The van der Waals surface area contributed by atoms with Gasteiger partial charge in [-0.15, -0.1) is 0 Å². The fourth-order valence-corrected chi connectivity index (χ4v) is 7.78. The first kappa shape index (κ1) is 30.7. The lowest BCUT2D eigenvalue weighted by Gasteiger charge is -2.40. The van der Waals surface area contributed by atoms with Crippen LogP contribution in [-0.4, -0.2) is 0 Å². The number of hydrogen-bond acceptors (Lipinski definition) is 3. The van der Waals surface area contributed by atoms with Crippen molar-refractivity contribution in [3.05, 3.63) is 212 Å². The van der Waals surface area contributed by atoms with Gasteiger partial charge in [0.25, 0.3) is 0 Å². The van der Waals surface area contributed by atoms with Crippen LogP contribution in [0.2, 0.25) is 0 Å². The maximum Gasteiger partial charge on any atom is 0.0703 e. The van der Waals surface area contributed by atoms with Crippen LogP contribution in [0.15, 0.2) is 212 Å². The van der Waals surface area contributed by atoms with E-state index in [4.69, 9.17) is 0 Å². The first-order chi connectivity index (χ1) is 26.3. The van der Waals surface area contributed by atoms with Gasteiger partial charge in [-0.3, -0.25) is 0 Å². The summed E-state index contributed by atoms with van der Waals surface area (Å²) >= 11 is 0. The van der Waals surface area contributed by atoms with Crippen molar-refractivity contribution in [2.45, 2.75) is 0 Å². The summed E-state index contributed by atoms with van der Waals surface area (Å²) in [4.78, 5) is 7.11. The number of benzene rings is 9. The van der Waals surface area contributed by atoms with Gasteiger partial charge in [-0.2, -0.15) is 0 Å². The molecular formula is C50H35N3. The fraction of sp³-hybridized carbons (Fsp3) is 0. The summed E-state index contributed by atoms with van der Waals surface area (Å²) in [5.74, 6) is 0. The van der Waals surface area contributed by atoms with Crippen molar-refractivity contribution in [3.63, 3.8) is 0 Å². The lowest BCUT2D eigenvalue weighted by atomic mass is 10.0. The van der Waals surface area contributed by atoms with Gasteiger partial charge in [0, 0.05) is 28.4 Å². The Balaban J connectivity index is 1.05. The van der Waals surface area contributed by atoms with Gasteiger partial charge in [0.15, 0.2) is 0 Å². The first-order valence-corrected chi connectivity index (χ1v) is 18.1. The third kappa shape index (κ3) is 5.47. The van der Waals surface area contributed by atoms with Crippen molar-refractivity contribution < 1.29 is 0 Å². The van der Waals surface area contributed by atoms with E-state index in [9.17, 15) is 0 Å². The molecule has 1 heterocycles. The second-order valence-electron chi connectivity index (χ2n) is 13.5. The molecule has 250 valence electrons. The van der Waals surface area contributed by atoms with Crippen LogP contribution in [-0.2, 0) is 0 Å². The van der Waals surface area contributed by atoms with Crippen molar-refractivity contribution in [1.29, 1.82) is 0 Å². The Morgan fingerprint density at radius 1 is 0.264 bits per heavy atom. The predicted molar refractivity (Wildman–Crippen MR) is 224 cm³/mol. The Hall–Kier alpha value is -7.10. The minimum absolute atomic E-state index is 1.11. The molecule has 0 aliphatic carbocycles. The zero-order valence-electron chi connectivity index (χ0n) is 29.0. The van der Waals surface area contributed by atoms with Crippen molar-refractivity contribution in [3.8, 4) is 11.1 Å². The van der Waals surface area contributed by atoms with Crippen LogP contribution in [0, 0.1) is 0 Å². The molecule has 0 aromatic heterocycles. The second kappa shape index (κ2) is 12.9. The lowest BCUT2D eigenvalue weighted by Crippen LogP contribution is -2.23. The minimum atomic E-state index is 1.11. The highest BCUT2D eigenvalue weighted by molar-refractivity contribution is 6.02. The van der Waals surface area contributed by atoms with Crippen molar-refractivity contribution >= 4 is 72.7 Å². The average Bonchev–Trinajstić information content (AvgIpc) is 3.23. The van der Waals surface area contributed by atoms with Gasteiger partial charge < -0.3 is 14.7 Å². The van der Waals surface area contributed by atoms with Crippen LogP contribution in [0.25, 0.3) is 32.7 Å². The Labute approximate surface area is 309 Å². The number of fused-ring (bicyclic) bond motifs is 4. The summed E-state index contributed by atoms with van der Waals surface area (Å²) < 4.78 is 0. The first-order valence-electron chi connectivity index (χ1n) is 18.1. The topological polar surface area (TPSA) is 9.72 Å². The molecule has 0 unspecified atom stereocenters. The molecule has 0 atom stereocenters. The molecule has 10 rings (SSSR count). The highest BCUT2D eigenvalue weighted by Crippen LogP contribution is 2.54. The molecule has 0 amide bonds. The van der Waals surface area contributed by atoms with E-state index in [1.807, 2.05) is 0 Å². The average molecular weight is 678 g/mol. The van der Waals surface area contributed by atoms with Crippen LogP contribution in [0.3, 0.4) is 0 Å². The molecule has 3 nitrogen and oxygen atoms in total. The summed E-state index contributed by atoms with van der Waals surface area (Å²) in [6, 6.07) is 76.5. The molecule has 0 bridgehead atoms. The molecule has 0 fully saturated rings. The quantitative estimate of drug-likeness (QED) is 0.173.